The highest BCUT2D eigenvalue weighted by molar-refractivity contribution is 7.89. The molecule has 1 N–H and O–H groups in total. The Morgan fingerprint density at radius 2 is 1.30 bits per heavy atom. The minimum absolute atomic E-state index is 0.0127. The minimum Gasteiger partial charge on any atom is -0.444 e. The van der Waals surface area contributed by atoms with E-state index in [2.05, 4.69) is 12.2 Å². The van der Waals surface area contributed by atoms with Crippen molar-refractivity contribution in [3.8, 4) is 0 Å². The maximum Gasteiger partial charge on any atom is 0.410 e. The highest BCUT2D eigenvalue weighted by Gasteiger charge is 2.37. The van der Waals surface area contributed by atoms with Crippen molar-refractivity contribution in [2.24, 2.45) is 0 Å². The molecule has 0 aromatic heterocycles. The number of nitrogens with zero attached hydrogens (tertiary/aromatic N) is 3. The number of nitrogens with one attached hydrogen (secondary N) is 1. The van der Waals surface area contributed by atoms with E-state index in [0.717, 1.165) is 64.5 Å². The number of carbonyl (C=O) groups is 4. The maximum atomic E-state index is 12.7. The van der Waals surface area contributed by atoms with Crippen LogP contribution in [-0.4, -0.2) is 109 Å². The number of anilines is 1. The number of methoxy groups -OCH3 is 1. The van der Waals surface area contributed by atoms with Gasteiger partial charge in [0, 0.05) is 38.8 Å². The fraction of sp³-hybridized carbons (Fsp3) is 0.722. The SMILES string of the molecule is CC[C@@H]1CCCN1S(=O)(=O)c1ccc2c(c1)C(=O)C(=O)N2.CC[C@H]1CCCN1C(=O)OC(C)(C)C.COC[C@H]1CCCN1C(=O)OC(C)(C)C. The molecular weight excluding hydrogens is 664 g/mol. The number of rotatable bonds is 6. The third-order valence-corrected chi connectivity index (χ3v) is 10.9. The van der Waals surface area contributed by atoms with E-state index in [9.17, 15) is 27.6 Å². The molecule has 1 aromatic carbocycles. The molecule has 0 saturated carbocycles. The van der Waals surface area contributed by atoms with Gasteiger partial charge in [-0.1, -0.05) is 13.8 Å². The summed E-state index contributed by atoms with van der Waals surface area (Å²) < 4.78 is 42.7. The van der Waals surface area contributed by atoms with E-state index in [4.69, 9.17) is 14.2 Å². The van der Waals surface area contributed by atoms with Crippen LogP contribution in [0.4, 0.5) is 15.3 Å². The van der Waals surface area contributed by atoms with Gasteiger partial charge in [0.2, 0.25) is 10.0 Å². The number of ether oxygens (including phenoxy) is 3. The smallest absolute Gasteiger partial charge is 0.410 e. The van der Waals surface area contributed by atoms with Crippen LogP contribution in [0.2, 0.25) is 0 Å². The summed E-state index contributed by atoms with van der Waals surface area (Å²) in [6.45, 7) is 18.2. The van der Waals surface area contributed by atoms with Crippen molar-refractivity contribution in [3.63, 3.8) is 0 Å². The summed E-state index contributed by atoms with van der Waals surface area (Å²) in [5, 5.41) is 2.42. The molecule has 3 saturated heterocycles. The number of amides is 3. The highest BCUT2D eigenvalue weighted by atomic mass is 32.2. The first-order valence-electron chi connectivity index (χ1n) is 17.8. The van der Waals surface area contributed by atoms with E-state index in [0.29, 0.717) is 24.9 Å². The van der Waals surface area contributed by atoms with Crippen LogP contribution in [0.3, 0.4) is 0 Å². The van der Waals surface area contributed by atoms with Gasteiger partial charge in [0.05, 0.1) is 28.8 Å². The molecule has 50 heavy (non-hydrogen) atoms. The number of carbonyl (C=O) groups excluding carboxylic acids is 4. The zero-order valence-electron chi connectivity index (χ0n) is 31.4. The fourth-order valence-corrected chi connectivity index (χ4v) is 8.33. The molecule has 14 heteroatoms. The molecule has 13 nitrogen and oxygen atoms in total. The van der Waals surface area contributed by atoms with Crippen molar-refractivity contribution in [3.05, 3.63) is 23.8 Å². The first-order valence-corrected chi connectivity index (χ1v) is 19.3. The summed E-state index contributed by atoms with van der Waals surface area (Å²) in [6.07, 6.45) is 7.40. The summed E-state index contributed by atoms with van der Waals surface area (Å²) in [5.74, 6) is -1.40. The summed E-state index contributed by atoms with van der Waals surface area (Å²) in [6, 6.07) is 4.81. The van der Waals surface area contributed by atoms with Crippen LogP contribution in [0.25, 0.3) is 0 Å². The molecular formula is C36H58N4O9S. The zero-order valence-corrected chi connectivity index (χ0v) is 32.2. The van der Waals surface area contributed by atoms with E-state index in [-0.39, 0.29) is 40.3 Å². The standard InChI is InChI=1S/C14H16N2O4S.C11H21NO3.C11H21NO2/c1-2-9-4-3-7-16(9)21(19,20)10-5-6-12-11(8-10)13(17)14(18)15-12;1-11(2,3)15-10(13)12-7-5-6-9(12)8-14-4;1-5-9-7-6-8-12(9)10(13)14-11(2,3)4/h5-6,8-9H,2-4,7H2,1H3,(H,15,17,18);9H,5-8H2,1-4H3;9H,5-8H2,1-4H3/t3*9-/m110/s1. The van der Waals surface area contributed by atoms with Crippen LogP contribution < -0.4 is 5.32 Å². The Balaban J connectivity index is 0.000000209. The predicted octanol–water partition coefficient (Wildman–Crippen LogP) is 6.21. The van der Waals surface area contributed by atoms with Crippen molar-refractivity contribution in [2.45, 2.75) is 141 Å². The number of likely N-dealkylation sites (tertiary alicyclic amines) is 2. The topological polar surface area (TPSA) is 152 Å². The molecule has 0 radical (unpaired) electrons. The predicted molar refractivity (Wildman–Crippen MR) is 191 cm³/mol. The highest BCUT2D eigenvalue weighted by Crippen LogP contribution is 2.31. The lowest BCUT2D eigenvalue weighted by Crippen LogP contribution is -2.41. The minimum atomic E-state index is -3.62. The van der Waals surface area contributed by atoms with E-state index in [1.807, 2.05) is 53.4 Å². The second kappa shape index (κ2) is 17.3. The second-order valence-corrected chi connectivity index (χ2v) is 17.0. The molecule has 0 aliphatic carbocycles. The maximum absolute atomic E-state index is 12.7. The summed E-state index contributed by atoms with van der Waals surface area (Å²) in [5.41, 5.74) is -0.291. The van der Waals surface area contributed by atoms with Gasteiger partial charge in [0.25, 0.3) is 11.7 Å². The van der Waals surface area contributed by atoms with Gasteiger partial charge in [0.15, 0.2) is 0 Å². The van der Waals surface area contributed by atoms with Crippen molar-refractivity contribution in [2.75, 3.05) is 38.7 Å². The zero-order chi connectivity index (χ0) is 37.4. The van der Waals surface area contributed by atoms with E-state index in [1.165, 1.54) is 22.5 Å². The quantitative estimate of drug-likeness (QED) is 0.338. The van der Waals surface area contributed by atoms with E-state index in [1.54, 1.807) is 12.0 Å². The number of sulfonamides is 1. The number of Topliss-reactive ketones (excluding diaryl/α,β-unsaturated/α-hetero) is 1. The molecule has 0 bridgehead atoms. The van der Waals surface area contributed by atoms with Crippen LogP contribution in [0.15, 0.2) is 23.1 Å². The molecule has 282 valence electrons. The van der Waals surface area contributed by atoms with Crippen LogP contribution in [0, 0.1) is 0 Å². The lowest BCUT2D eigenvalue weighted by molar-refractivity contribution is -0.112. The average Bonchev–Trinajstić information content (AvgIpc) is 3.83. The van der Waals surface area contributed by atoms with Crippen molar-refractivity contribution >= 4 is 39.6 Å². The first kappa shape index (κ1) is 41.2. The monoisotopic (exact) mass is 722 g/mol. The Labute approximate surface area is 298 Å². The lowest BCUT2D eigenvalue weighted by atomic mass is 10.1. The third kappa shape index (κ3) is 10.9. The molecule has 1 aromatic rings. The first-order chi connectivity index (χ1) is 23.3. The Bertz CT molecular complexity index is 1470. The number of benzene rings is 1. The average molecular weight is 723 g/mol. The number of hydrogen-bond donors (Lipinski definition) is 1. The normalized spacial score (nSPS) is 22.3. The summed E-state index contributed by atoms with van der Waals surface area (Å²) in [7, 11) is -1.96. The Morgan fingerprint density at radius 1 is 0.800 bits per heavy atom. The Kier molecular flexibility index (Phi) is 14.3. The van der Waals surface area contributed by atoms with Gasteiger partial charge in [-0.2, -0.15) is 4.31 Å². The Hall–Kier alpha value is -3.23. The molecule has 4 heterocycles. The summed E-state index contributed by atoms with van der Waals surface area (Å²) >= 11 is 0. The van der Waals surface area contributed by atoms with Crippen molar-refractivity contribution in [1.29, 1.82) is 0 Å². The van der Waals surface area contributed by atoms with Gasteiger partial charge in [-0.3, -0.25) is 9.59 Å². The van der Waals surface area contributed by atoms with Crippen LogP contribution in [0.5, 0.6) is 0 Å². The van der Waals surface area contributed by atoms with Gasteiger partial charge in [0.1, 0.15) is 11.2 Å². The van der Waals surface area contributed by atoms with Gasteiger partial charge < -0.3 is 29.3 Å². The van der Waals surface area contributed by atoms with Crippen molar-refractivity contribution in [1.82, 2.24) is 14.1 Å². The molecule has 0 unspecified atom stereocenters. The molecule has 3 fully saturated rings. The van der Waals surface area contributed by atoms with Gasteiger partial charge in [-0.05, 0) is 111 Å². The second-order valence-electron chi connectivity index (χ2n) is 15.1. The molecule has 4 aliphatic heterocycles. The van der Waals surface area contributed by atoms with Crippen molar-refractivity contribution < 1.29 is 41.8 Å². The van der Waals surface area contributed by atoms with Crippen LogP contribution in [0.1, 0.15) is 117 Å². The number of ketones is 1. The number of fused-ring (bicyclic) bond motifs is 1. The third-order valence-electron chi connectivity index (χ3n) is 8.93. The van der Waals surface area contributed by atoms with E-state index < -0.39 is 27.3 Å². The van der Waals surface area contributed by atoms with Crippen LogP contribution >= 0.6 is 0 Å². The Morgan fingerprint density at radius 3 is 1.82 bits per heavy atom. The largest absolute Gasteiger partial charge is 0.444 e. The van der Waals surface area contributed by atoms with Gasteiger partial charge in [-0.25, -0.2) is 18.0 Å². The van der Waals surface area contributed by atoms with Gasteiger partial charge in [-0.15, -0.1) is 0 Å². The van der Waals surface area contributed by atoms with Gasteiger partial charge >= 0.3 is 12.2 Å². The molecule has 0 spiro atoms. The molecule has 4 aliphatic rings. The van der Waals surface area contributed by atoms with Crippen LogP contribution in [-0.2, 0) is 29.0 Å². The number of hydrogen-bond acceptors (Lipinski definition) is 9. The summed E-state index contributed by atoms with van der Waals surface area (Å²) in [4.78, 5) is 50.3. The fourth-order valence-electron chi connectivity index (χ4n) is 6.53. The van der Waals surface area contributed by atoms with E-state index >= 15 is 0 Å². The molecule has 5 rings (SSSR count). The molecule has 3 amide bonds. The molecule has 3 atom stereocenters. The lowest BCUT2D eigenvalue weighted by Gasteiger charge is -2.28.